The van der Waals surface area contributed by atoms with Crippen LogP contribution in [-0.2, 0) is 23.9 Å². The molecule has 0 saturated carbocycles. The summed E-state index contributed by atoms with van der Waals surface area (Å²) in [7, 11) is 0. The Morgan fingerprint density at radius 2 is 1.88 bits per heavy atom. The smallest absolute Gasteiger partial charge is 0.449 e. The molecule has 0 atom stereocenters. The number of aryl methyl sites for hydroxylation is 1. The van der Waals surface area contributed by atoms with E-state index >= 15 is 0 Å². The van der Waals surface area contributed by atoms with E-state index in [-0.39, 0.29) is 11.6 Å². The summed E-state index contributed by atoms with van der Waals surface area (Å²) in [5.74, 6) is 0.392. The summed E-state index contributed by atoms with van der Waals surface area (Å²) in [6, 6.07) is 11.3. The Bertz CT molecular complexity index is 1000. The average molecular weight is 467 g/mol. The maximum atomic E-state index is 13.2. The van der Waals surface area contributed by atoms with Crippen LogP contribution in [0.2, 0.25) is 0 Å². The monoisotopic (exact) mass is 467 g/mol. The van der Waals surface area contributed by atoms with E-state index in [1.165, 1.54) is 30.0 Å². The van der Waals surface area contributed by atoms with E-state index in [1.54, 1.807) is 30.4 Å². The average Bonchev–Trinajstić information content (AvgIpc) is 2.73. The van der Waals surface area contributed by atoms with E-state index in [0.717, 1.165) is 17.7 Å². The second-order valence-corrected chi connectivity index (χ2v) is 8.18. The molecule has 2 aromatic carbocycles. The van der Waals surface area contributed by atoms with Crippen molar-refractivity contribution in [2.75, 3.05) is 12.3 Å². The topological polar surface area (TPSA) is 49.8 Å². The Morgan fingerprint density at radius 1 is 1.12 bits per heavy atom. The molecule has 0 fully saturated rings. The predicted molar refractivity (Wildman–Crippen MR) is 114 cm³/mol. The summed E-state index contributed by atoms with van der Waals surface area (Å²) in [4.78, 5) is 13.0. The van der Waals surface area contributed by atoms with Gasteiger partial charge in [-0.25, -0.2) is 9.18 Å². The zero-order chi connectivity index (χ0) is 23.1. The number of alkyl halides is 3. The van der Waals surface area contributed by atoms with Crippen LogP contribution in [0.3, 0.4) is 0 Å². The van der Waals surface area contributed by atoms with Gasteiger partial charge in [0.15, 0.2) is 5.76 Å². The number of rotatable bonds is 8. The molecule has 1 heterocycles. The normalized spacial score (nSPS) is 14.1. The first-order chi connectivity index (χ1) is 15.2. The molecule has 0 spiro atoms. The number of hydrogen-bond acceptors (Lipinski definition) is 4. The zero-order valence-electron chi connectivity index (χ0n) is 16.9. The van der Waals surface area contributed by atoms with Gasteiger partial charge in [-0.1, -0.05) is 36.4 Å². The first-order valence-corrected chi connectivity index (χ1v) is 10.8. The molecule has 1 N–H and O–H groups in total. The molecule has 3 rings (SSSR count). The van der Waals surface area contributed by atoms with E-state index < -0.39 is 17.9 Å². The summed E-state index contributed by atoms with van der Waals surface area (Å²) in [6.45, 7) is 0.937. The number of ether oxygens (including phenoxy) is 1. The van der Waals surface area contributed by atoms with Gasteiger partial charge in [0.25, 0.3) is 0 Å². The second kappa shape index (κ2) is 10.6. The van der Waals surface area contributed by atoms with E-state index in [1.807, 2.05) is 4.90 Å². The molecule has 0 amide bonds. The number of thioether (sulfide) groups is 1. The fraction of sp³-hybridized carbons (Fsp3) is 0.261. The number of carbonyl (C=O) groups is 1. The van der Waals surface area contributed by atoms with Gasteiger partial charge in [-0.15, -0.1) is 11.8 Å². The summed E-state index contributed by atoms with van der Waals surface area (Å²) in [5, 5.41) is 9.66. The van der Waals surface area contributed by atoms with Gasteiger partial charge in [-0.05, 0) is 54.0 Å². The Labute approximate surface area is 187 Å². The molecular weight excluding hydrogens is 446 g/mol. The van der Waals surface area contributed by atoms with E-state index in [2.05, 4.69) is 0 Å². The maximum Gasteiger partial charge on any atom is 0.511 e. The van der Waals surface area contributed by atoms with Crippen molar-refractivity contribution in [3.8, 4) is 0 Å². The highest BCUT2D eigenvalue weighted by molar-refractivity contribution is 8.03. The fourth-order valence-corrected chi connectivity index (χ4v) is 4.28. The maximum absolute atomic E-state index is 13.2. The lowest BCUT2D eigenvalue weighted by Gasteiger charge is -2.29. The van der Waals surface area contributed by atoms with E-state index in [4.69, 9.17) is 9.84 Å². The minimum Gasteiger partial charge on any atom is -0.449 e. The van der Waals surface area contributed by atoms with Gasteiger partial charge in [-0.2, -0.15) is 13.2 Å². The van der Waals surface area contributed by atoms with Gasteiger partial charge in [0, 0.05) is 13.1 Å². The highest BCUT2D eigenvalue weighted by Gasteiger charge is 2.30. The molecule has 9 heteroatoms. The molecule has 0 saturated heterocycles. The SMILES string of the molecule is O=C(O)OC1=C(SCCCc2cccc(C(F)(F)F)c2)N(Cc2ccc(F)cc2)CC=C1. The van der Waals surface area contributed by atoms with E-state index in [9.17, 15) is 22.4 Å². The van der Waals surface area contributed by atoms with Crippen LogP contribution in [-0.4, -0.2) is 28.5 Å². The second-order valence-electron chi connectivity index (χ2n) is 7.10. The zero-order valence-corrected chi connectivity index (χ0v) is 17.8. The standard InChI is InChI=1S/C23H21F4NO3S/c24-19-10-8-17(9-11-19)15-28-12-2-7-20(31-22(29)30)21(28)32-13-3-5-16-4-1-6-18(14-16)23(25,26)27/h1-2,4,6-11,14H,3,5,12-13,15H2,(H,29,30). The van der Waals surface area contributed by atoms with Gasteiger partial charge in [0.05, 0.1) is 5.56 Å². The van der Waals surface area contributed by atoms with Crippen molar-refractivity contribution in [2.24, 2.45) is 0 Å². The fourth-order valence-electron chi connectivity index (χ4n) is 3.23. The number of carboxylic acid groups (broad SMARTS) is 1. The van der Waals surface area contributed by atoms with Crippen LogP contribution < -0.4 is 0 Å². The molecule has 1 aliphatic heterocycles. The summed E-state index contributed by atoms with van der Waals surface area (Å²) >= 11 is 1.38. The lowest BCUT2D eigenvalue weighted by molar-refractivity contribution is -0.137. The van der Waals surface area contributed by atoms with Gasteiger partial charge in [-0.3, -0.25) is 0 Å². The molecule has 0 radical (unpaired) electrons. The van der Waals surface area contributed by atoms with Crippen molar-refractivity contribution < 1.29 is 32.2 Å². The van der Waals surface area contributed by atoms with Crippen LogP contribution in [0, 0.1) is 5.82 Å². The van der Waals surface area contributed by atoms with Crippen LogP contribution in [0.15, 0.2) is 71.5 Å². The van der Waals surface area contributed by atoms with Crippen molar-refractivity contribution in [2.45, 2.75) is 25.6 Å². The lowest BCUT2D eigenvalue weighted by Crippen LogP contribution is -2.26. The predicted octanol–water partition coefficient (Wildman–Crippen LogP) is 6.45. The Hall–Kier alpha value is -2.94. The van der Waals surface area contributed by atoms with Crippen molar-refractivity contribution >= 4 is 17.9 Å². The third-order valence-corrected chi connectivity index (χ3v) is 5.91. The summed E-state index contributed by atoms with van der Waals surface area (Å²) in [6.07, 6.45) is -1.42. The number of benzene rings is 2. The molecule has 0 bridgehead atoms. The Kier molecular flexibility index (Phi) is 7.84. The molecule has 0 aromatic heterocycles. The van der Waals surface area contributed by atoms with Crippen molar-refractivity contribution in [3.05, 3.63) is 94.0 Å². The molecule has 32 heavy (non-hydrogen) atoms. The first kappa shape index (κ1) is 23.7. The van der Waals surface area contributed by atoms with Crippen LogP contribution in [0.25, 0.3) is 0 Å². The molecule has 0 unspecified atom stereocenters. The van der Waals surface area contributed by atoms with Crippen molar-refractivity contribution in [3.63, 3.8) is 0 Å². The van der Waals surface area contributed by atoms with E-state index in [0.29, 0.717) is 42.3 Å². The summed E-state index contributed by atoms with van der Waals surface area (Å²) in [5.41, 5.74) is 0.756. The van der Waals surface area contributed by atoms with Crippen molar-refractivity contribution in [1.29, 1.82) is 0 Å². The molecule has 1 aliphatic rings. The number of allylic oxidation sites excluding steroid dienone is 1. The first-order valence-electron chi connectivity index (χ1n) is 9.82. The number of hydrogen-bond donors (Lipinski definition) is 1. The molecule has 2 aromatic rings. The number of nitrogens with zero attached hydrogens (tertiary/aromatic N) is 1. The lowest BCUT2D eigenvalue weighted by atomic mass is 10.1. The van der Waals surface area contributed by atoms with Gasteiger partial charge >= 0.3 is 12.3 Å². The molecule has 4 nitrogen and oxygen atoms in total. The minimum atomic E-state index is -4.38. The summed E-state index contributed by atoms with van der Waals surface area (Å²) < 4.78 is 56.8. The quantitative estimate of drug-likeness (QED) is 0.275. The van der Waals surface area contributed by atoms with Gasteiger partial charge in [0.1, 0.15) is 10.8 Å². The minimum absolute atomic E-state index is 0.190. The highest BCUT2D eigenvalue weighted by atomic mass is 32.2. The highest BCUT2D eigenvalue weighted by Crippen LogP contribution is 2.32. The van der Waals surface area contributed by atoms with Crippen LogP contribution in [0.1, 0.15) is 23.1 Å². The van der Waals surface area contributed by atoms with Gasteiger partial charge in [0.2, 0.25) is 0 Å². The van der Waals surface area contributed by atoms with Crippen molar-refractivity contribution in [1.82, 2.24) is 4.90 Å². The largest absolute Gasteiger partial charge is 0.511 e. The Morgan fingerprint density at radius 3 is 2.56 bits per heavy atom. The van der Waals surface area contributed by atoms with Crippen LogP contribution in [0.4, 0.5) is 22.4 Å². The third kappa shape index (κ3) is 6.78. The van der Waals surface area contributed by atoms with Crippen LogP contribution in [0.5, 0.6) is 0 Å². The van der Waals surface area contributed by atoms with Gasteiger partial charge < -0.3 is 14.7 Å². The Balaban J connectivity index is 1.66. The third-order valence-electron chi connectivity index (χ3n) is 4.68. The molecule has 0 aliphatic carbocycles. The van der Waals surface area contributed by atoms with Crippen LogP contribution >= 0.6 is 11.8 Å². The number of halogens is 4. The molecule has 170 valence electrons. The molecular formula is C23H21F4NO3S.